The van der Waals surface area contributed by atoms with Crippen molar-refractivity contribution >= 4 is 29.0 Å². The van der Waals surface area contributed by atoms with Gasteiger partial charge in [-0.3, -0.25) is 9.00 Å². The van der Waals surface area contributed by atoms with E-state index in [-0.39, 0.29) is 5.56 Å². The molecule has 0 amide bonds. The number of phenols is 4. The zero-order chi connectivity index (χ0) is 26.7. The highest BCUT2D eigenvalue weighted by Gasteiger charge is 2.27. The Morgan fingerprint density at radius 3 is 2.06 bits per heavy atom. The average molecular weight is 511 g/mol. The SMILES string of the molecule is CC(C)(C)C(=O)OCOC(=O)c1cc(O)cc(CC(c2cc(O)cc(C(=O)O)c2O)S(=O)[O-])c1O. The number of esters is 2. The zero-order valence-corrected chi connectivity index (χ0v) is 19.6. The van der Waals surface area contributed by atoms with Crippen molar-refractivity contribution in [2.45, 2.75) is 32.4 Å². The van der Waals surface area contributed by atoms with Crippen LogP contribution in [-0.4, -0.2) is 59.0 Å². The number of rotatable bonds is 8. The molecule has 5 N–H and O–H groups in total. The molecule has 2 rings (SSSR count). The second-order valence-corrected chi connectivity index (χ2v) is 9.51. The number of carboxylic acid groups (broad SMARTS) is 1. The Morgan fingerprint density at radius 1 is 0.943 bits per heavy atom. The monoisotopic (exact) mass is 511 g/mol. The lowest BCUT2D eigenvalue weighted by Crippen LogP contribution is -2.24. The third kappa shape index (κ3) is 6.61. The molecule has 0 bridgehead atoms. The van der Waals surface area contributed by atoms with Gasteiger partial charge in [0.1, 0.15) is 34.1 Å². The summed E-state index contributed by atoms with van der Waals surface area (Å²) in [6, 6.07) is 3.34. The maximum Gasteiger partial charge on any atom is 0.344 e. The van der Waals surface area contributed by atoms with Gasteiger partial charge < -0.3 is 39.6 Å². The smallest absolute Gasteiger partial charge is 0.344 e. The van der Waals surface area contributed by atoms with Crippen LogP contribution in [0.25, 0.3) is 0 Å². The van der Waals surface area contributed by atoms with Crippen molar-refractivity contribution < 1.29 is 58.2 Å². The molecule has 12 nitrogen and oxygen atoms in total. The van der Waals surface area contributed by atoms with Crippen LogP contribution in [0.15, 0.2) is 24.3 Å². The summed E-state index contributed by atoms with van der Waals surface area (Å²) < 4.78 is 33.4. The van der Waals surface area contributed by atoms with Gasteiger partial charge in [0.25, 0.3) is 0 Å². The number of hydrogen-bond acceptors (Lipinski definition) is 11. The van der Waals surface area contributed by atoms with Crippen LogP contribution in [0.2, 0.25) is 0 Å². The molecule has 0 heterocycles. The summed E-state index contributed by atoms with van der Waals surface area (Å²) in [5.74, 6) is -6.40. The molecule has 0 aliphatic rings. The predicted octanol–water partition coefficient (Wildman–Crippen LogP) is 2.07. The molecule has 0 aromatic heterocycles. The number of phenolic OH excluding ortho intramolecular Hbond substituents is 3. The number of carboxylic acids is 1. The summed E-state index contributed by atoms with van der Waals surface area (Å²) in [7, 11) is 0. The van der Waals surface area contributed by atoms with E-state index in [1.807, 2.05) is 0 Å². The number of carbonyl (C=O) groups is 3. The first kappa shape index (κ1) is 27.4. The number of aromatic hydroxyl groups is 4. The van der Waals surface area contributed by atoms with E-state index < -0.39 is 92.6 Å². The first-order valence-corrected chi connectivity index (χ1v) is 11.0. The Kier molecular flexibility index (Phi) is 8.31. The van der Waals surface area contributed by atoms with Gasteiger partial charge in [0.15, 0.2) is 0 Å². The summed E-state index contributed by atoms with van der Waals surface area (Å²) in [4.78, 5) is 35.4. The predicted molar refractivity (Wildman–Crippen MR) is 118 cm³/mol. The number of hydrogen-bond donors (Lipinski definition) is 5. The van der Waals surface area contributed by atoms with Gasteiger partial charge in [-0.1, -0.05) is 0 Å². The van der Waals surface area contributed by atoms with Crippen LogP contribution in [0.1, 0.15) is 57.9 Å². The van der Waals surface area contributed by atoms with Crippen molar-refractivity contribution in [2.75, 3.05) is 6.79 Å². The summed E-state index contributed by atoms with van der Waals surface area (Å²) in [6.45, 7) is 3.93. The maximum atomic E-state index is 12.4. The van der Waals surface area contributed by atoms with Gasteiger partial charge >= 0.3 is 17.9 Å². The molecule has 2 atom stereocenters. The fourth-order valence-corrected chi connectivity index (χ4v) is 3.65. The topological polar surface area (TPSA) is 211 Å². The molecule has 0 aliphatic heterocycles. The van der Waals surface area contributed by atoms with Gasteiger partial charge in [-0.05, 0) is 68.1 Å². The molecule has 2 aromatic rings. The molecule has 2 unspecified atom stereocenters. The van der Waals surface area contributed by atoms with Crippen LogP contribution in [-0.2, 0) is 31.8 Å². The molecular weight excluding hydrogens is 488 g/mol. The zero-order valence-electron chi connectivity index (χ0n) is 18.8. The fraction of sp³-hybridized carbons (Fsp3) is 0.318. The number of ether oxygens (including phenoxy) is 2. The molecule has 0 fully saturated rings. The third-order valence-corrected chi connectivity index (χ3v) is 5.61. The summed E-state index contributed by atoms with van der Waals surface area (Å²) in [6.07, 6.45) is -0.647. The van der Waals surface area contributed by atoms with Crippen molar-refractivity contribution in [2.24, 2.45) is 5.41 Å². The van der Waals surface area contributed by atoms with Gasteiger partial charge in [-0.2, -0.15) is 0 Å². The largest absolute Gasteiger partial charge is 0.772 e. The van der Waals surface area contributed by atoms with Gasteiger partial charge in [0, 0.05) is 5.56 Å². The van der Waals surface area contributed by atoms with E-state index in [0.29, 0.717) is 0 Å². The maximum absolute atomic E-state index is 12.4. The number of aromatic carboxylic acids is 1. The van der Waals surface area contributed by atoms with Crippen LogP contribution >= 0.6 is 0 Å². The molecule has 0 spiro atoms. The van der Waals surface area contributed by atoms with Crippen molar-refractivity contribution in [3.05, 3.63) is 46.5 Å². The third-order valence-electron chi connectivity index (χ3n) is 4.73. The Balaban J connectivity index is 2.38. The van der Waals surface area contributed by atoms with Gasteiger partial charge in [0.2, 0.25) is 6.79 Å². The highest BCUT2D eigenvalue weighted by Crippen LogP contribution is 2.39. The molecule has 35 heavy (non-hydrogen) atoms. The Hall–Kier alpha value is -3.84. The minimum atomic E-state index is -3.03. The van der Waals surface area contributed by atoms with E-state index in [1.54, 1.807) is 20.8 Å². The average Bonchev–Trinajstić information content (AvgIpc) is 2.74. The van der Waals surface area contributed by atoms with Crippen molar-refractivity contribution in [1.29, 1.82) is 0 Å². The first-order valence-electron chi connectivity index (χ1n) is 9.89. The highest BCUT2D eigenvalue weighted by atomic mass is 32.2. The standard InChI is InChI=1S/C22H24O12S/c1-22(2,3)21(30)34-9-33-20(29)15-8-11(23)4-10(17(15)25)5-16(35(31)32)13-6-12(24)7-14(18(13)26)19(27)28/h4,6-8,16,23-26H,5,9H2,1-3H3,(H,27,28)(H,31,32)/p-1. The van der Waals surface area contributed by atoms with Crippen LogP contribution in [0.5, 0.6) is 23.0 Å². The van der Waals surface area contributed by atoms with Crippen molar-refractivity contribution in [3.8, 4) is 23.0 Å². The second-order valence-electron chi connectivity index (χ2n) is 8.42. The van der Waals surface area contributed by atoms with E-state index in [4.69, 9.17) is 9.47 Å². The molecule has 190 valence electrons. The van der Waals surface area contributed by atoms with E-state index in [2.05, 4.69) is 0 Å². The summed E-state index contributed by atoms with van der Waals surface area (Å²) >= 11 is -3.03. The van der Waals surface area contributed by atoms with E-state index in [1.165, 1.54) is 0 Å². The van der Waals surface area contributed by atoms with Crippen molar-refractivity contribution in [1.82, 2.24) is 0 Å². The highest BCUT2D eigenvalue weighted by molar-refractivity contribution is 7.79. The number of benzene rings is 2. The van der Waals surface area contributed by atoms with E-state index in [0.717, 1.165) is 24.3 Å². The van der Waals surface area contributed by atoms with Gasteiger partial charge in [-0.15, -0.1) is 0 Å². The Bertz CT molecular complexity index is 1180. The molecule has 0 aliphatic carbocycles. The van der Waals surface area contributed by atoms with Crippen LogP contribution in [0, 0.1) is 5.41 Å². The summed E-state index contributed by atoms with van der Waals surface area (Å²) in [5, 5.41) is 48.0. The second kappa shape index (κ2) is 10.6. The van der Waals surface area contributed by atoms with Gasteiger partial charge in [0.05, 0.1) is 10.7 Å². The minimum absolute atomic E-state index is 0.280. The van der Waals surface area contributed by atoms with Crippen molar-refractivity contribution in [3.63, 3.8) is 0 Å². The van der Waals surface area contributed by atoms with Crippen LogP contribution in [0.3, 0.4) is 0 Å². The lowest BCUT2D eigenvalue weighted by Gasteiger charge is -2.23. The quantitative estimate of drug-likeness (QED) is 0.149. The van der Waals surface area contributed by atoms with E-state index in [9.17, 15) is 48.7 Å². The Morgan fingerprint density at radius 2 is 1.51 bits per heavy atom. The lowest BCUT2D eigenvalue weighted by atomic mass is 9.97. The molecule has 0 saturated carbocycles. The van der Waals surface area contributed by atoms with Gasteiger partial charge in [-0.25, -0.2) is 9.59 Å². The molecule has 2 aromatic carbocycles. The summed E-state index contributed by atoms with van der Waals surface area (Å²) in [5.41, 5.74) is -2.97. The molecule has 13 heteroatoms. The number of carbonyl (C=O) groups excluding carboxylic acids is 2. The molecule has 0 saturated heterocycles. The van der Waals surface area contributed by atoms with Crippen LogP contribution in [0.4, 0.5) is 0 Å². The molecule has 0 radical (unpaired) electrons. The Labute approximate surface area is 201 Å². The normalized spacial score (nSPS) is 13.0. The minimum Gasteiger partial charge on any atom is -0.772 e. The van der Waals surface area contributed by atoms with E-state index >= 15 is 0 Å². The molecular formula is C22H23O12S-. The lowest BCUT2D eigenvalue weighted by molar-refractivity contribution is -0.161. The first-order chi connectivity index (χ1) is 16.1. The van der Waals surface area contributed by atoms with Crippen LogP contribution < -0.4 is 0 Å². The fourth-order valence-electron chi connectivity index (χ4n) is 2.95.